The molecule has 8 atom stereocenters. The van der Waals surface area contributed by atoms with Crippen molar-refractivity contribution in [1.29, 1.82) is 0 Å². The van der Waals surface area contributed by atoms with Gasteiger partial charge in [-0.25, -0.2) is 0 Å². The van der Waals surface area contributed by atoms with Crippen LogP contribution < -0.4 is 0 Å². The number of fused-ring (bicyclic) bond motifs is 5. The summed E-state index contributed by atoms with van der Waals surface area (Å²) >= 11 is 0. The van der Waals surface area contributed by atoms with E-state index in [-0.39, 0.29) is 0 Å². The van der Waals surface area contributed by atoms with Gasteiger partial charge >= 0.3 is 0 Å². The van der Waals surface area contributed by atoms with Crippen LogP contribution in [0, 0.1) is 45.3 Å². The topological polar surface area (TPSA) is 9.23 Å². The average molecular weight is 371 g/mol. The van der Waals surface area contributed by atoms with E-state index >= 15 is 0 Å². The zero-order valence-corrected chi connectivity index (χ0v) is 18.6. The largest absolute Gasteiger partial charge is 0.373 e. The van der Waals surface area contributed by atoms with E-state index in [2.05, 4.69) is 40.7 Å². The molecule has 0 radical (unpaired) electrons. The van der Waals surface area contributed by atoms with E-state index < -0.39 is 0 Å². The van der Waals surface area contributed by atoms with E-state index in [9.17, 15) is 0 Å². The first-order valence-corrected chi connectivity index (χ1v) is 12.0. The average Bonchev–Trinajstić information content (AvgIpc) is 3.22. The van der Waals surface area contributed by atoms with Gasteiger partial charge in [0.25, 0.3) is 0 Å². The molecule has 0 amide bonds. The Hall–Kier alpha value is -0.300. The summed E-state index contributed by atoms with van der Waals surface area (Å²) in [6, 6.07) is 0. The van der Waals surface area contributed by atoms with Crippen LogP contribution in [0.3, 0.4) is 0 Å². The number of hydrogen-bond acceptors (Lipinski definition) is 1. The summed E-state index contributed by atoms with van der Waals surface area (Å²) in [5.74, 6) is 3.65. The van der Waals surface area contributed by atoms with E-state index in [1.54, 1.807) is 5.57 Å². The Balaban J connectivity index is 1.49. The quantitative estimate of drug-likeness (QED) is 0.451. The Labute approximate surface area is 167 Å². The van der Waals surface area contributed by atoms with E-state index in [0.717, 1.165) is 36.9 Å². The van der Waals surface area contributed by atoms with Crippen LogP contribution in [-0.2, 0) is 4.74 Å². The third-order valence-electron chi connectivity index (χ3n) is 11.6. The standard InChI is InChI=1S/C26H42O/c1-18-6-12-24(3)21-9-14-25(4)20(19-10-15-27-17-19)8-13-26(25,5)22(21)7-11-23(24,2)16-18/h10,18,20-22H,6-9,11-17H2,1-5H3. The summed E-state index contributed by atoms with van der Waals surface area (Å²) in [6.07, 6.45) is 15.7. The maximum Gasteiger partial charge on any atom is 0.0684 e. The molecular weight excluding hydrogens is 328 g/mol. The first-order chi connectivity index (χ1) is 12.7. The van der Waals surface area contributed by atoms with Crippen molar-refractivity contribution in [3.05, 3.63) is 11.6 Å². The molecule has 0 spiro atoms. The Morgan fingerprint density at radius 3 is 2.22 bits per heavy atom. The third-order valence-corrected chi connectivity index (χ3v) is 11.6. The molecule has 4 fully saturated rings. The van der Waals surface area contributed by atoms with Crippen LogP contribution >= 0.6 is 0 Å². The zero-order chi connectivity index (χ0) is 19.1. The normalized spacial score (nSPS) is 57.6. The van der Waals surface area contributed by atoms with Crippen LogP contribution in [-0.4, -0.2) is 13.2 Å². The summed E-state index contributed by atoms with van der Waals surface area (Å²) in [4.78, 5) is 0. The Bertz CT molecular complexity index is 651. The first kappa shape index (κ1) is 18.7. The van der Waals surface area contributed by atoms with Crippen molar-refractivity contribution >= 4 is 0 Å². The smallest absolute Gasteiger partial charge is 0.0684 e. The molecule has 1 aliphatic heterocycles. The maximum atomic E-state index is 5.75. The van der Waals surface area contributed by atoms with Gasteiger partial charge in [0.05, 0.1) is 13.2 Å². The van der Waals surface area contributed by atoms with Gasteiger partial charge in [-0.15, -0.1) is 0 Å². The molecule has 8 unspecified atom stereocenters. The van der Waals surface area contributed by atoms with E-state index in [1.807, 2.05) is 0 Å². The molecule has 0 aromatic heterocycles. The van der Waals surface area contributed by atoms with E-state index in [4.69, 9.17) is 4.74 Å². The Morgan fingerprint density at radius 2 is 1.48 bits per heavy atom. The van der Waals surface area contributed by atoms with Crippen LogP contribution in [0.15, 0.2) is 11.6 Å². The highest BCUT2D eigenvalue weighted by Gasteiger charge is 2.67. The van der Waals surface area contributed by atoms with Gasteiger partial charge in [-0.3, -0.25) is 0 Å². The van der Waals surface area contributed by atoms with Crippen molar-refractivity contribution in [2.75, 3.05) is 13.2 Å². The van der Waals surface area contributed by atoms with Gasteiger partial charge in [-0.2, -0.15) is 0 Å². The zero-order valence-electron chi connectivity index (χ0n) is 18.6. The first-order valence-electron chi connectivity index (χ1n) is 12.0. The van der Waals surface area contributed by atoms with Crippen LogP contribution in [0.25, 0.3) is 0 Å². The van der Waals surface area contributed by atoms with Gasteiger partial charge in [0.1, 0.15) is 0 Å². The predicted octanol–water partition coefficient (Wildman–Crippen LogP) is 7.02. The summed E-state index contributed by atoms with van der Waals surface area (Å²) in [5, 5.41) is 0. The molecule has 27 heavy (non-hydrogen) atoms. The lowest BCUT2D eigenvalue weighted by atomic mass is 9.37. The SMILES string of the molecule is CC1CCC2(C)C3CCC4(C)C(C5=CCOC5)CCC4(C)C3CCC2(C)C1. The minimum atomic E-state index is 0.500. The summed E-state index contributed by atoms with van der Waals surface area (Å²) in [5.41, 5.74) is 3.87. The summed E-state index contributed by atoms with van der Waals surface area (Å²) in [7, 11) is 0. The minimum absolute atomic E-state index is 0.500. The van der Waals surface area contributed by atoms with Crippen molar-refractivity contribution in [2.45, 2.75) is 92.4 Å². The molecule has 0 aromatic carbocycles. The van der Waals surface area contributed by atoms with Crippen molar-refractivity contribution in [3.63, 3.8) is 0 Å². The highest BCUT2D eigenvalue weighted by Crippen LogP contribution is 2.75. The number of rotatable bonds is 1. The van der Waals surface area contributed by atoms with E-state index in [1.165, 1.54) is 57.8 Å². The number of hydrogen-bond donors (Lipinski definition) is 0. The molecule has 5 aliphatic rings. The lowest BCUT2D eigenvalue weighted by Crippen LogP contribution is -2.60. The molecule has 0 aromatic rings. The molecule has 4 aliphatic carbocycles. The van der Waals surface area contributed by atoms with Gasteiger partial charge in [-0.05, 0) is 102 Å². The van der Waals surface area contributed by atoms with Crippen LogP contribution in [0.4, 0.5) is 0 Å². The molecule has 4 saturated carbocycles. The predicted molar refractivity (Wildman–Crippen MR) is 113 cm³/mol. The minimum Gasteiger partial charge on any atom is -0.373 e. The summed E-state index contributed by atoms with van der Waals surface area (Å²) in [6.45, 7) is 15.1. The van der Waals surface area contributed by atoms with Crippen molar-refractivity contribution in [2.24, 2.45) is 45.3 Å². The molecule has 1 nitrogen and oxygen atoms in total. The molecule has 0 bridgehead atoms. The van der Waals surface area contributed by atoms with Crippen LogP contribution in [0.5, 0.6) is 0 Å². The fraction of sp³-hybridized carbons (Fsp3) is 0.923. The third kappa shape index (κ3) is 2.27. The molecule has 152 valence electrons. The molecule has 0 saturated heterocycles. The molecular formula is C26H42O. The maximum absolute atomic E-state index is 5.75. The Morgan fingerprint density at radius 1 is 0.815 bits per heavy atom. The summed E-state index contributed by atoms with van der Waals surface area (Å²) < 4.78 is 5.75. The van der Waals surface area contributed by atoms with Crippen molar-refractivity contribution in [1.82, 2.24) is 0 Å². The van der Waals surface area contributed by atoms with Crippen molar-refractivity contribution in [3.8, 4) is 0 Å². The molecule has 1 heterocycles. The number of ether oxygens (including phenoxy) is 1. The molecule has 5 rings (SSSR count). The molecule has 0 N–H and O–H groups in total. The lowest BCUT2D eigenvalue weighted by Gasteiger charge is -2.68. The van der Waals surface area contributed by atoms with Gasteiger partial charge in [0.2, 0.25) is 0 Å². The van der Waals surface area contributed by atoms with Crippen molar-refractivity contribution < 1.29 is 4.74 Å². The second-order valence-electron chi connectivity index (χ2n) is 12.3. The monoisotopic (exact) mass is 370 g/mol. The lowest BCUT2D eigenvalue weighted by molar-refractivity contribution is -0.187. The molecule has 1 heteroatoms. The fourth-order valence-electron chi connectivity index (χ4n) is 9.58. The van der Waals surface area contributed by atoms with Gasteiger partial charge in [0.15, 0.2) is 0 Å². The highest BCUT2D eigenvalue weighted by molar-refractivity contribution is 5.24. The second-order valence-corrected chi connectivity index (χ2v) is 12.3. The van der Waals surface area contributed by atoms with Crippen LogP contribution in [0.2, 0.25) is 0 Å². The highest BCUT2D eigenvalue weighted by atomic mass is 16.5. The fourth-order valence-corrected chi connectivity index (χ4v) is 9.58. The van der Waals surface area contributed by atoms with Gasteiger partial charge < -0.3 is 4.74 Å². The van der Waals surface area contributed by atoms with E-state index in [0.29, 0.717) is 21.7 Å². The Kier molecular flexibility index (Phi) is 4.07. The second kappa shape index (κ2) is 5.87. The van der Waals surface area contributed by atoms with Gasteiger partial charge in [0, 0.05) is 0 Å². The van der Waals surface area contributed by atoms with Gasteiger partial charge in [-0.1, -0.05) is 47.1 Å². The van der Waals surface area contributed by atoms with Crippen LogP contribution in [0.1, 0.15) is 92.4 Å².